The summed E-state index contributed by atoms with van der Waals surface area (Å²) in [4.78, 5) is 1.78. The molecule has 0 saturated carbocycles. The van der Waals surface area contributed by atoms with Gasteiger partial charge in [-0.15, -0.1) is 0 Å². The summed E-state index contributed by atoms with van der Waals surface area (Å²) in [5.41, 5.74) is 2.78. The maximum atomic E-state index is 2.78. The minimum atomic E-state index is -1.81. The monoisotopic (exact) mass is 430 g/mol. The first-order chi connectivity index (χ1) is 13.7. The van der Waals surface area contributed by atoms with E-state index in [0.717, 1.165) is 0 Å². The molecule has 0 aromatic heterocycles. The van der Waals surface area contributed by atoms with Crippen LogP contribution in [-0.2, 0) is 0 Å². The summed E-state index contributed by atoms with van der Waals surface area (Å²) in [6, 6.07) is 33.7. The van der Waals surface area contributed by atoms with Crippen LogP contribution < -0.4 is 15.6 Å². The van der Waals surface area contributed by atoms with Gasteiger partial charge in [0.15, 0.2) is 0 Å². The summed E-state index contributed by atoms with van der Waals surface area (Å²) in [6.45, 7) is 15.2. The van der Waals surface area contributed by atoms with Gasteiger partial charge in [-0.3, -0.25) is 0 Å². The van der Waals surface area contributed by atoms with E-state index >= 15 is 0 Å². The zero-order valence-corrected chi connectivity index (χ0v) is 21.7. The first-order valence-electron chi connectivity index (χ1n) is 10.6. The van der Waals surface area contributed by atoms with Gasteiger partial charge in [-0.25, -0.2) is 0 Å². The summed E-state index contributed by atoms with van der Waals surface area (Å²) in [6.07, 6.45) is 0. The minimum Gasteiger partial charge on any atom is -0.0981 e. The predicted molar refractivity (Wildman–Crippen MR) is 139 cm³/mol. The van der Waals surface area contributed by atoms with Crippen LogP contribution in [0.5, 0.6) is 0 Å². The number of hydrogen-bond donors (Lipinski definition) is 0. The van der Waals surface area contributed by atoms with E-state index in [1.165, 1.54) is 5.19 Å². The third-order valence-corrected chi connectivity index (χ3v) is 20.1. The molecule has 0 amide bonds. The number of benzene rings is 3. The van der Waals surface area contributed by atoms with E-state index in [4.69, 9.17) is 0 Å². The van der Waals surface area contributed by atoms with Crippen LogP contribution in [0.1, 0.15) is 0 Å². The van der Waals surface area contributed by atoms with Crippen LogP contribution in [0.2, 0.25) is 39.3 Å². The lowest BCUT2D eigenvalue weighted by Crippen LogP contribution is -2.59. The number of rotatable bonds is 6. The molecule has 0 atom stereocenters. The van der Waals surface area contributed by atoms with E-state index in [1.54, 1.807) is 15.2 Å². The number of hydrogen-bond acceptors (Lipinski definition) is 0. The second kappa shape index (κ2) is 8.42. The lowest BCUT2D eigenvalue weighted by atomic mass is 10.4. The lowest BCUT2D eigenvalue weighted by molar-refractivity contribution is 1.62. The van der Waals surface area contributed by atoms with Crippen LogP contribution in [0.3, 0.4) is 0 Å². The van der Waals surface area contributed by atoms with Crippen LogP contribution in [0.4, 0.5) is 0 Å². The van der Waals surface area contributed by atoms with Gasteiger partial charge in [0, 0.05) is 0 Å². The summed E-state index contributed by atoms with van der Waals surface area (Å²) >= 11 is 0. The van der Waals surface area contributed by atoms with E-state index in [1.807, 2.05) is 0 Å². The quantitative estimate of drug-likeness (QED) is 0.461. The lowest BCUT2D eigenvalue weighted by Gasteiger charge is -2.39. The van der Waals surface area contributed by atoms with Crippen molar-refractivity contribution >= 4 is 39.8 Å². The van der Waals surface area contributed by atoms with Crippen LogP contribution in [-0.4, -0.2) is 24.2 Å². The zero-order valence-electron chi connectivity index (χ0n) is 18.7. The summed E-state index contributed by atoms with van der Waals surface area (Å²) < 4.78 is 0. The zero-order chi connectivity index (χ0) is 21.1. The van der Waals surface area contributed by atoms with Gasteiger partial charge < -0.3 is 0 Å². The molecule has 3 aromatic rings. The highest BCUT2D eigenvalue weighted by molar-refractivity contribution is 7.16. The van der Waals surface area contributed by atoms with Crippen LogP contribution in [0.15, 0.2) is 102 Å². The van der Waals surface area contributed by atoms with Crippen LogP contribution >= 0.6 is 0 Å². The van der Waals surface area contributed by atoms with E-state index < -0.39 is 24.2 Å². The minimum absolute atomic E-state index is 1.52. The van der Waals surface area contributed by atoms with E-state index in [-0.39, 0.29) is 0 Å². The van der Waals surface area contributed by atoms with Crippen molar-refractivity contribution in [3.05, 3.63) is 102 Å². The Bertz CT molecular complexity index is 903. The van der Waals surface area contributed by atoms with E-state index in [0.29, 0.717) is 0 Å². The fraction of sp³-hybridized carbons (Fsp3) is 0.231. The standard InChI is InChI=1S/C26H34Si3/c1-27(2,23-16-10-7-11-17-23)22-26(28(3,4)24-18-12-8-13-19-24)29(5,6)25-20-14-9-15-21-25/h7-22H,1-6H3. The highest BCUT2D eigenvalue weighted by Crippen LogP contribution is 2.28. The third kappa shape index (κ3) is 4.63. The second-order valence-electron chi connectivity index (χ2n) is 9.63. The van der Waals surface area contributed by atoms with E-state index in [9.17, 15) is 0 Å². The Morgan fingerprint density at radius 1 is 0.483 bits per heavy atom. The molecule has 0 aliphatic rings. The Morgan fingerprint density at radius 3 is 1.14 bits per heavy atom. The molecule has 0 nitrogen and oxygen atoms in total. The van der Waals surface area contributed by atoms with Crippen LogP contribution in [0.25, 0.3) is 0 Å². The van der Waals surface area contributed by atoms with Crippen molar-refractivity contribution < 1.29 is 0 Å². The Kier molecular flexibility index (Phi) is 6.32. The molecule has 0 fully saturated rings. The first kappa shape index (κ1) is 21.8. The maximum absolute atomic E-state index is 2.78. The molecule has 0 bridgehead atoms. The van der Waals surface area contributed by atoms with Crippen molar-refractivity contribution in [2.45, 2.75) is 39.3 Å². The summed E-state index contributed by atoms with van der Waals surface area (Å²) in [5.74, 6) is 0. The van der Waals surface area contributed by atoms with Gasteiger partial charge >= 0.3 is 0 Å². The molecule has 0 spiro atoms. The van der Waals surface area contributed by atoms with Crippen LogP contribution in [0, 0.1) is 0 Å². The fourth-order valence-electron chi connectivity index (χ4n) is 4.47. The molecule has 0 aliphatic carbocycles. The van der Waals surface area contributed by atoms with Gasteiger partial charge in [-0.2, -0.15) is 0 Å². The normalized spacial score (nSPS) is 12.5. The predicted octanol–water partition coefficient (Wildman–Crippen LogP) is 5.38. The molecule has 0 heterocycles. The molecular weight excluding hydrogens is 397 g/mol. The Labute approximate surface area is 180 Å². The molecule has 3 aromatic carbocycles. The average Bonchev–Trinajstić information content (AvgIpc) is 2.74. The van der Waals surface area contributed by atoms with Gasteiger partial charge in [0.1, 0.15) is 24.2 Å². The van der Waals surface area contributed by atoms with Gasteiger partial charge in [-0.05, 0) is 0 Å². The molecule has 0 unspecified atom stereocenters. The van der Waals surface area contributed by atoms with Crippen molar-refractivity contribution in [3.63, 3.8) is 0 Å². The van der Waals surface area contributed by atoms with Crippen molar-refractivity contribution in [1.82, 2.24) is 0 Å². The smallest absolute Gasteiger partial charge is 0.0981 e. The average molecular weight is 431 g/mol. The maximum Gasteiger partial charge on any atom is 0.103 e. The summed E-state index contributed by atoms with van der Waals surface area (Å²) in [5, 5.41) is 4.61. The van der Waals surface area contributed by atoms with Gasteiger partial charge in [0.2, 0.25) is 0 Å². The van der Waals surface area contributed by atoms with Crippen molar-refractivity contribution in [3.8, 4) is 0 Å². The van der Waals surface area contributed by atoms with Gasteiger partial charge in [-0.1, -0.05) is 156 Å². The van der Waals surface area contributed by atoms with Gasteiger partial charge in [0.25, 0.3) is 0 Å². The highest BCUT2D eigenvalue weighted by Gasteiger charge is 2.41. The molecule has 0 radical (unpaired) electrons. The molecule has 150 valence electrons. The second-order valence-corrected chi connectivity index (χ2v) is 23.2. The largest absolute Gasteiger partial charge is 0.103 e. The first-order valence-corrected chi connectivity index (χ1v) is 19.6. The Morgan fingerprint density at radius 2 is 0.793 bits per heavy atom. The SMILES string of the molecule is C[Si](C)(C=C([Si](C)(C)c1ccccc1)[Si](C)(C)c1ccccc1)c1ccccc1. The molecule has 0 N–H and O–H groups in total. The van der Waals surface area contributed by atoms with Crippen molar-refractivity contribution in [2.75, 3.05) is 0 Å². The summed E-state index contributed by atoms with van der Waals surface area (Å²) in [7, 11) is -5.34. The molecular formula is C26H34Si3. The highest BCUT2D eigenvalue weighted by atomic mass is 28.4. The molecule has 3 rings (SSSR count). The topological polar surface area (TPSA) is 0 Å². The molecule has 0 aliphatic heterocycles. The Hall–Kier alpha value is -1.95. The van der Waals surface area contributed by atoms with Crippen molar-refractivity contribution in [2.24, 2.45) is 0 Å². The molecule has 3 heteroatoms. The molecule has 0 saturated heterocycles. The fourth-order valence-corrected chi connectivity index (χ4v) is 21.3. The Balaban J connectivity index is 2.22. The molecule has 29 heavy (non-hydrogen) atoms. The van der Waals surface area contributed by atoms with Gasteiger partial charge in [0.05, 0.1) is 0 Å². The third-order valence-electron chi connectivity index (χ3n) is 6.36. The van der Waals surface area contributed by atoms with E-state index in [2.05, 4.69) is 136 Å². The van der Waals surface area contributed by atoms with Crippen molar-refractivity contribution in [1.29, 1.82) is 0 Å².